The first-order chi connectivity index (χ1) is 8.65. The molecule has 3 nitrogen and oxygen atoms in total. The fraction of sp³-hybridized carbons (Fsp3) is 0.500. The Morgan fingerprint density at radius 3 is 2.83 bits per heavy atom. The summed E-state index contributed by atoms with van der Waals surface area (Å²) in [6.45, 7) is 5.37. The third kappa shape index (κ3) is 3.95. The number of carbonyl (C=O) groups is 1. The van der Waals surface area contributed by atoms with Crippen LogP contribution in [0, 0.1) is 3.57 Å². The highest BCUT2D eigenvalue weighted by Crippen LogP contribution is 2.09. The van der Waals surface area contributed by atoms with Crippen molar-refractivity contribution in [3.63, 3.8) is 0 Å². The van der Waals surface area contributed by atoms with Crippen molar-refractivity contribution in [1.29, 1.82) is 0 Å². The Kier molecular flexibility index (Phi) is 5.00. The summed E-state index contributed by atoms with van der Waals surface area (Å²) in [6, 6.07) is 7.89. The van der Waals surface area contributed by atoms with Gasteiger partial charge in [0.05, 0.1) is 0 Å². The molecule has 1 saturated heterocycles. The minimum atomic E-state index is 0.0280. The highest BCUT2D eigenvalue weighted by molar-refractivity contribution is 14.1. The van der Waals surface area contributed by atoms with Crippen molar-refractivity contribution in [2.75, 3.05) is 19.6 Å². The Morgan fingerprint density at radius 1 is 1.44 bits per heavy atom. The summed E-state index contributed by atoms with van der Waals surface area (Å²) >= 11 is 2.22. The van der Waals surface area contributed by atoms with Gasteiger partial charge in [-0.3, -0.25) is 4.79 Å². The molecule has 1 aliphatic heterocycles. The van der Waals surface area contributed by atoms with E-state index >= 15 is 0 Å². The van der Waals surface area contributed by atoms with Crippen LogP contribution in [-0.2, 0) is 0 Å². The lowest BCUT2D eigenvalue weighted by molar-refractivity contribution is 0.0932. The fourth-order valence-electron chi connectivity index (χ4n) is 2.33. The molecule has 1 amide bonds. The minimum Gasteiger partial charge on any atom is -0.348 e. The van der Waals surface area contributed by atoms with E-state index in [4.69, 9.17) is 0 Å². The van der Waals surface area contributed by atoms with Gasteiger partial charge in [0.15, 0.2) is 0 Å². The Morgan fingerprint density at radius 2 is 2.17 bits per heavy atom. The van der Waals surface area contributed by atoms with E-state index < -0.39 is 0 Å². The lowest BCUT2D eigenvalue weighted by Gasteiger charge is -2.21. The van der Waals surface area contributed by atoms with Crippen LogP contribution in [0.25, 0.3) is 0 Å². The molecule has 1 aromatic rings. The van der Waals surface area contributed by atoms with Crippen molar-refractivity contribution >= 4 is 28.5 Å². The van der Waals surface area contributed by atoms with Gasteiger partial charge in [-0.1, -0.05) is 6.07 Å². The minimum absolute atomic E-state index is 0.0280. The Hall–Kier alpha value is -0.620. The predicted octanol–water partition coefficient (Wildman–Crippen LogP) is 2.51. The second-order valence-corrected chi connectivity index (χ2v) is 6.14. The molecule has 1 unspecified atom stereocenters. The number of rotatable bonds is 4. The largest absolute Gasteiger partial charge is 0.348 e. The average molecular weight is 358 g/mol. The molecule has 1 N–H and O–H groups in total. The number of hydrogen-bond donors (Lipinski definition) is 1. The van der Waals surface area contributed by atoms with E-state index in [2.05, 4.69) is 39.7 Å². The highest BCUT2D eigenvalue weighted by atomic mass is 127. The first kappa shape index (κ1) is 13.8. The van der Waals surface area contributed by atoms with Crippen molar-refractivity contribution in [2.24, 2.45) is 0 Å². The van der Waals surface area contributed by atoms with Gasteiger partial charge in [0.2, 0.25) is 0 Å². The summed E-state index contributed by atoms with van der Waals surface area (Å²) in [5.74, 6) is 0.0280. The number of hydrogen-bond acceptors (Lipinski definition) is 2. The number of benzene rings is 1. The maximum Gasteiger partial charge on any atom is 0.251 e. The van der Waals surface area contributed by atoms with Gasteiger partial charge < -0.3 is 10.2 Å². The summed E-state index contributed by atoms with van der Waals surface area (Å²) in [6.07, 6.45) is 2.58. The first-order valence-electron chi connectivity index (χ1n) is 6.44. The molecule has 0 radical (unpaired) electrons. The maximum absolute atomic E-state index is 12.0. The van der Waals surface area contributed by atoms with E-state index in [1.807, 2.05) is 24.3 Å². The fourth-order valence-corrected chi connectivity index (χ4v) is 2.88. The van der Waals surface area contributed by atoms with Crippen molar-refractivity contribution in [3.05, 3.63) is 33.4 Å². The van der Waals surface area contributed by atoms with Crippen LogP contribution >= 0.6 is 22.6 Å². The molecule has 1 atom stereocenters. The first-order valence-corrected chi connectivity index (χ1v) is 7.52. The molecular formula is C14H19IN2O. The summed E-state index contributed by atoms with van der Waals surface area (Å²) < 4.78 is 1.09. The van der Waals surface area contributed by atoms with E-state index in [1.165, 1.54) is 25.9 Å². The van der Waals surface area contributed by atoms with E-state index in [0.717, 1.165) is 15.7 Å². The third-order valence-corrected chi connectivity index (χ3v) is 3.87. The SMILES string of the molecule is CC(CN1CCCC1)NC(=O)c1cccc(I)c1. The maximum atomic E-state index is 12.0. The van der Waals surface area contributed by atoms with E-state index in [-0.39, 0.29) is 11.9 Å². The van der Waals surface area contributed by atoms with Gasteiger partial charge >= 0.3 is 0 Å². The molecule has 4 heteroatoms. The predicted molar refractivity (Wildman–Crippen MR) is 81.8 cm³/mol. The summed E-state index contributed by atoms with van der Waals surface area (Å²) in [5.41, 5.74) is 0.746. The lowest BCUT2D eigenvalue weighted by Crippen LogP contribution is -2.41. The van der Waals surface area contributed by atoms with Crippen LogP contribution in [0.5, 0.6) is 0 Å². The average Bonchev–Trinajstić information content (AvgIpc) is 2.81. The molecule has 0 spiro atoms. The number of likely N-dealkylation sites (tertiary alicyclic amines) is 1. The topological polar surface area (TPSA) is 32.3 Å². The number of amides is 1. The molecule has 1 aromatic carbocycles. The molecule has 1 heterocycles. The number of nitrogens with zero attached hydrogens (tertiary/aromatic N) is 1. The van der Waals surface area contributed by atoms with Crippen molar-refractivity contribution in [1.82, 2.24) is 10.2 Å². The van der Waals surface area contributed by atoms with E-state index in [1.54, 1.807) is 0 Å². The van der Waals surface area contributed by atoms with E-state index in [9.17, 15) is 4.79 Å². The monoisotopic (exact) mass is 358 g/mol. The highest BCUT2D eigenvalue weighted by Gasteiger charge is 2.16. The number of carbonyl (C=O) groups excluding carboxylic acids is 1. The van der Waals surface area contributed by atoms with Gasteiger partial charge in [-0.15, -0.1) is 0 Å². The van der Waals surface area contributed by atoms with Crippen LogP contribution in [0.3, 0.4) is 0 Å². The van der Waals surface area contributed by atoms with Crippen molar-refractivity contribution in [3.8, 4) is 0 Å². The summed E-state index contributed by atoms with van der Waals surface area (Å²) in [5, 5.41) is 3.07. The van der Waals surface area contributed by atoms with Gasteiger partial charge in [-0.2, -0.15) is 0 Å². The molecule has 2 rings (SSSR count). The Balaban J connectivity index is 1.86. The molecule has 0 aliphatic carbocycles. The second kappa shape index (κ2) is 6.52. The van der Waals surface area contributed by atoms with Crippen LogP contribution in [0.1, 0.15) is 30.1 Å². The second-order valence-electron chi connectivity index (χ2n) is 4.89. The van der Waals surface area contributed by atoms with E-state index in [0.29, 0.717) is 0 Å². The van der Waals surface area contributed by atoms with Crippen LogP contribution in [0.4, 0.5) is 0 Å². The van der Waals surface area contributed by atoms with Crippen LogP contribution in [0.15, 0.2) is 24.3 Å². The summed E-state index contributed by atoms with van der Waals surface area (Å²) in [4.78, 5) is 14.5. The molecule has 0 saturated carbocycles. The van der Waals surface area contributed by atoms with Crippen LogP contribution in [-0.4, -0.2) is 36.5 Å². The van der Waals surface area contributed by atoms with Crippen LogP contribution < -0.4 is 5.32 Å². The molecule has 0 bridgehead atoms. The number of halogens is 1. The molecule has 1 aliphatic rings. The molecule has 0 aromatic heterocycles. The quantitative estimate of drug-likeness (QED) is 0.839. The zero-order valence-corrected chi connectivity index (χ0v) is 12.8. The van der Waals surface area contributed by atoms with Crippen LogP contribution in [0.2, 0.25) is 0 Å². The Bertz CT molecular complexity index is 416. The van der Waals surface area contributed by atoms with Gasteiger partial charge in [0.1, 0.15) is 0 Å². The summed E-state index contributed by atoms with van der Waals surface area (Å²) in [7, 11) is 0. The molecule has 18 heavy (non-hydrogen) atoms. The zero-order valence-electron chi connectivity index (χ0n) is 10.7. The number of nitrogens with one attached hydrogen (secondary N) is 1. The van der Waals surface area contributed by atoms with Gasteiger partial charge in [-0.25, -0.2) is 0 Å². The molecular weight excluding hydrogens is 339 g/mol. The Labute approximate surface area is 122 Å². The lowest BCUT2D eigenvalue weighted by atomic mass is 10.2. The van der Waals surface area contributed by atoms with Crippen molar-refractivity contribution < 1.29 is 4.79 Å². The van der Waals surface area contributed by atoms with Gasteiger partial charge in [0, 0.05) is 21.7 Å². The molecule has 1 fully saturated rings. The van der Waals surface area contributed by atoms with Gasteiger partial charge in [0.25, 0.3) is 5.91 Å². The smallest absolute Gasteiger partial charge is 0.251 e. The standard InChI is InChI=1S/C14H19IN2O/c1-11(10-17-7-2-3-8-17)16-14(18)12-5-4-6-13(15)9-12/h4-6,9,11H,2-3,7-8,10H2,1H3,(H,16,18). The normalized spacial score (nSPS) is 17.7. The van der Waals surface area contributed by atoms with Gasteiger partial charge in [-0.05, 0) is 73.6 Å². The zero-order chi connectivity index (χ0) is 13.0. The third-order valence-electron chi connectivity index (χ3n) is 3.20. The van der Waals surface area contributed by atoms with Crippen molar-refractivity contribution in [2.45, 2.75) is 25.8 Å². The molecule has 98 valence electrons.